The lowest BCUT2D eigenvalue weighted by molar-refractivity contribution is -0.401. The molecule has 2 heterocycles. The van der Waals surface area contributed by atoms with E-state index in [0.717, 1.165) is 6.54 Å². The summed E-state index contributed by atoms with van der Waals surface area (Å²) in [5, 5.41) is 14.1. The Kier molecular flexibility index (Phi) is 7.15. The van der Waals surface area contributed by atoms with E-state index in [1.54, 1.807) is 0 Å². The van der Waals surface area contributed by atoms with Crippen LogP contribution in [0, 0.1) is 10.1 Å². The Balaban J connectivity index is 0.00000225. The van der Waals surface area contributed by atoms with Crippen LogP contribution in [0.2, 0.25) is 0 Å². The summed E-state index contributed by atoms with van der Waals surface area (Å²) in [5.74, 6) is 0.774. The number of ether oxygens (including phenoxy) is 1. The van der Waals surface area contributed by atoms with E-state index in [4.69, 9.17) is 9.15 Å². The first-order chi connectivity index (χ1) is 11.7. The van der Waals surface area contributed by atoms with Crippen LogP contribution in [0.1, 0.15) is 32.1 Å². The van der Waals surface area contributed by atoms with Crippen molar-refractivity contribution in [3.63, 3.8) is 0 Å². The second-order valence-corrected chi connectivity index (χ2v) is 5.77. The van der Waals surface area contributed by atoms with Crippen LogP contribution >= 0.6 is 12.4 Å². The first kappa shape index (κ1) is 19.1. The molecule has 2 aromatic heterocycles. The van der Waals surface area contributed by atoms with E-state index in [2.05, 4.69) is 15.3 Å². The summed E-state index contributed by atoms with van der Waals surface area (Å²) in [6.07, 6.45) is 9.52. The van der Waals surface area contributed by atoms with Gasteiger partial charge in [0, 0.05) is 12.6 Å². The Hall–Kier alpha value is -2.19. The predicted octanol–water partition coefficient (Wildman–Crippen LogP) is 3.37. The quantitative estimate of drug-likeness (QED) is 0.454. The second kappa shape index (κ2) is 9.33. The largest absolute Gasteiger partial charge is 0.489 e. The Bertz CT molecular complexity index is 671. The molecule has 0 amide bonds. The van der Waals surface area contributed by atoms with E-state index in [-0.39, 0.29) is 29.9 Å². The van der Waals surface area contributed by atoms with Gasteiger partial charge in [0.25, 0.3) is 0 Å². The highest BCUT2D eigenvalue weighted by atomic mass is 35.5. The van der Waals surface area contributed by atoms with E-state index >= 15 is 0 Å². The second-order valence-electron chi connectivity index (χ2n) is 5.77. The Morgan fingerprint density at radius 2 is 1.96 bits per heavy atom. The van der Waals surface area contributed by atoms with Crippen molar-refractivity contribution in [3.8, 4) is 17.3 Å². The van der Waals surface area contributed by atoms with Crippen molar-refractivity contribution in [2.75, 3.05) is 13.2 Å². The third-order valence-electron chi connectivity index (χ3n) is 4.03. The predicted molar refractivity (Wildman–Crippen MR) is 94.0 cm³/mol. The van der Waals surface area contributed by atoms with Crippen molar-refractivity contribution in [3.05, 3.63) is 34.6 Å². The SMILES string of the molecule is Cl.O=[N+]([O-])c1ccc(-c2ncc(OCCNC3CCCCC3)cn2)o1. The Labute approximate surface area is 151 Å². The van der Waals surface area contributed by atoms with Crippen LogP contribution in [0.25, 0.3) is 11.6 Å². The molecule has 1 aliphatic carbocycles. The molecule has 1 N–H and O–H groups in total. The average molecular weight is 369 g/mol. The maximum Gasteiger partial charge on any atom is 0.433 e. The van der Waals surface area contributed by atoms with Crippen LogP contribution in [0.5, 0.6) is 5.75 Å². The molecule has 1 aliphatic rings. The summed E-state index contributed by atoms with van der Waals surface area (Å²) in [7, 11) is 0. The van der Waals surface area contributed by atoms with E-state index < -0.39 is 4.92 Å². The molecule has 0 aromatic carbocycles. The molecule has 136 valence electrons. The molecule has 1 saturated carbocycles. The molecule has 1 fully saturated rings. The van der Waals surface area contributed by atoms with Gasteiger partial charge in [0.1, 0.15) is 11.5 Å². The minimum absolute atomic E-state index is 0. The summed E-state index contributed by atoms with van der Waals surface area (Å²) in [6, 6.07) is 3.36. The number of hydrogen-bond donors (Lipinski definition) is 1. The van der Waals surface area contributed by atoms with E-state index in [1.807, 2.05) is 0 Å². The number of nitrogens with one attached hydrogen (secondary N) is 1. The lowest BCUT2D eigenvalue weighted by Crippen LogP contribution is -2.34. The standard InChI is InChI=1S/C16H20N4O4.ClH/c21-20(22)15-7-6-14(24-15)16-18-10-13(11-19-16)23-9-8-17-12-4-2-1-3-5-12;/h6-7,10-12,17H,1-5,8-9H2;1H. The van der Waals surface area contributed by atoms with Crippen molar-refractivity contribution in [1.29, 1.82) is 0 Å². The molecular formula is C16H21ClN4O4. The topological polar surface area (TPSA) is 103 Å². The van der Waals surface area contributed by atoms with E-state index in [9.17, 15) is 10.1 Å². The third kappa shape index (κ3) is 5.40. The number of nitro groups is 1. The minimum atomic E-state index is -0.597. The molecule has 2 aromatic rings. The summed E-state index contributed by atoms with van der Waals surface area (Å²) < 4.78 is 10.7. The molecule has 8 nitrogen and oxygen atoms in total. The summed E-state index contributed by atoms with van der Waals surface area (Å²) >= 11 is 0. The number of rotatable bonds is 7. The highest BCUT2D eigenvalue weighted by Gasteiger charge is 2.15. The van der Waals surface area contributed by atoms with Crippen LogP contribution in [-0.2, 0) is 0 Å². The maximum absolute atomic E-state index is 10.6. The normalized spacial score (nSPS) is 14.7. The average Bonchev–Trinajstić information content (AvgIpc) is 3.11. The van der Waals surface area contributed by atoms with Crippen LogP contribution < -0.4 is 10.1 Å². The molecule has 0 unspecified atom stereocenters. The van der Waals surface area contributed by atoms with Gasteiger partial charge in [0.2, 0.25) is 0 Å². The first-order valence-corrected chi connectivity index (χ1v) is 8.15. The molecule has 9 heteroatoms. The van der Waals surface area contributed by atoms with Crippen LogP contribution in [0.3, 0.4) is 0 Å². The zero-order valence-corrected chi connectivity index (χ0v) is 14.5. The van der Waals surface area contributed by atoms with Gasteiger partial charge in [-0.2, -0.15) is 0 Å². The van der Waals surface area contributed by atoms with Crippen LogP contribution in [-0.4, -0.2) is 34.1 Å². The van der Waals surface area contributed by atoms with Crippen molar-refractivity contribution in [2.45, 2.75) is 38.1 Å². The molecule has 3 rings (SSSR count). The lowest BCUT2D eigenvalue weighted by atomic mass is 9.96. The van der Waals surface area contributed by atoms with Gasteiger partial charge in [-0.15, -0.1) is 12.4 Å². The van der Waals surface area contributed by atoms with Crippen molar-refractivity contribution >= 4 is 18.3 Å². The van der Waals surface area contributed by atoms with Crippen LogP contribution in [0.15, 0.2) is 28.9 Å². The summed E-state index contributed by atoms with van der Waals surface area (Å²) in [5.41, 5.74) is 0. The van der Waals surface area contributed by atoms with Gasteiger partial charge in [-0.3, -0.25) is 10.1 Å². The molecule has 0 bridgehead atoms. The molecule has 0 saturated heterocycles. The smallest absolute Gasteiger partial charge is 0.433 e. The summed E-state index contributed by atoms with van der Waals surface area (Å²) in [4.78, 5) is 18.2. The van der Waals surface area contributed by atoms with Gasteiger partial charge >= 0.3 is 5.88 Å². The fourth-order valence-corrected chi connectivity index (χ4v) is 2.80. The fraction of sp³-hybridized carbons (Fsp3) is 0.500. The highest BCUT2D eigenvalue weighted by molar-refractivity contribution is 5.85. The molecule has 25 heavy (non-hydrogen) atoms. The van der Waals surface area contributed by atoms with Crippen molar-refractivity contribution < 1.29 is 14.1 Å². The molecule has 0 aliphatic heterocycles. The first-order valence-electron chi connectivity index (χ1n) is 8.15. The molecular weight excluding hydrogens is 348 g/mol. The fourth-order valence-electron chi connectivity index (χ4n) is 2.80. The molecule has 0 spiro atoms. The van der Waals surface area contributed by atoms with Crippen LogP contribution in [0.4, 0.5) is 5.88 Å². The van der Waals surface area contributed by atoms with Crippen molar-refractivity contribution in [2.24, 2.45) is 0 Å². The number of halogens is 1. The molecule has 0 atom stereocenters. The van der Waals surface area contributed by atoms with Gasteiger partial charge in [-0.05, 0) is 18.9 Å². The van der Waals surface area contributed by atoms with Gasteiger partial charge < -0.3 is 14.5 Å². The molecule has 0 radical (unpaired) electrons. The van der Waals surface area contributed by atoms with Gasteiger partial charge in [-0.1, -0.05) is 19.3 Å². The zero-order valence-electron chi connectivity index (χ0n) is 13.7. The van der Waals surface area contributed by atoms with Gasteiger partial charge in [0.15, 0.2) is 17.3 Å². The highest BCUT2D eigenvalue weighted by Crippen LogP contribution is 2.23. The monoisotopic (exact) mass is 368 g/mol. The number of furan rings is 1. The number of hydrogen-bond acceptors (Lipinski definition) is 7. The summed E-state index contributed by atoms with van der Waals surface area (Å²) in [6.45, 7) is 1.34. The third-order valence-corrected chi connectivity index (χ3v) is 4.03. The Morgan fingerprint density at radius 1 is 1.24 bits per heavy atom. The van der Waals surface area contributed by atoms with E-state index in [1.165, 1.54) is 56.6 Å². The lowest BCUT2D eigenvalue weighted by Gasteiger charge is -2.22. The maximum atomic E-state index is 10.6. The van der Waals surface area contributed by atoms with Gasteiger partial charge in [-0.25, -0.2) is 9.97 Å². The zero-order chi connectivity index (χ0) is 16.8. The van der Waals surface area contributed by atoms with Gasteiger partial charge in [0.05, 0.1) is 18.5 Å². The van der Waals surface area contributed by atoms with E-state index in [0.29, 0.717) is 18.4 Å². The minimum Gasteiger partial charge on any atom is -0.489 e. The van der Waals surface area contributed by atoms with Crippen molar-refractivity contribution in [1.82, 2.24) is 15.3 Å². The Morgan fingerprint density at radius 3 is 2.60 bits per heavy atom. The number of nitrogens with zero attached hydrogens (tertiary/aromatic N) is 3. The number of aromatic nitrogens is 2.